The lowest BCUT2D eigenvalue weighted by molar-refractivity contribution is -0.131. The third-order valence-corrected chi connectivity index (χ3v) is 4.76. The van der Waals surface area contributed by atoms with E-state index >= 15 is 0 Å². The number of likely N-dealkylation sites (tertiary alicyclic amines) is 1. The van der Waals surface area contributed by atoms with Gasteiger partial charge in [-0.3, -0.25) is 4.79 Å². The van der Waals surface area contributed by atoms with E-state index in [-0.39, 0.29) is 18.1 Å². The average molecular weight is 292 g/mol. The number of amides is 1. The van der Waals surface area contributed by atoms with E-state index in [0.717, 1.165) is 19.5 Å². The molecule has 0 radical (unpaired) electrons. The van der Waals surface area contributed by atoms with Gasteiger partial charge in [0.1, 0.15) is 6.54 Å². The molecule has 2 fully saturated rings. The standard InChI is InChI=1S/C14H20N4O3/c19-12(9-18-8-11(13(20)21)15-16-18)17-7-6-14(10-17)4-2-1-3-5-14/h8H,1-7,9-10H2,(H,20,21). The van der Waals surface area contributed by atoms with Crippen molar-refractivity contribution in [1.82, 2.24) is 19.9 Å². The summed E-state index contributed by atoms with van der Waals surface area (Å²) >= 11 is 0. The van der Waals surface area contributed by atoms with Crippen LogP contribution >= 0.6 is 0 Å². The number of hydrogen-bond acceptors (Lipinski definition) is 4. The summed E-state index contributed by atoms with van der Waals surface area (Å²) in [5.74, 6) is -1.13. The predicted molar refractivity (Wildman–Crippen MR) is 73.7 cm³/mol. The fourth-order valence-corrected chi connectivity index (χ4v) is 3.57. The molecule has 0 bridgehead atoms. The van der Waals surface area contributed by atoms with Crippen LogP contribution in [-0.4, -0.2) is 50.0 Å². The van der Waals surface area contributed by atoms with Gasteiger partial charge >= 0.3 is 5.97 Å². The summed E-state index contributed by atoms with van der Waals surface area (Å²) in [7, 11) is 0. The Morgan fingerprint density at radius 3 is 2.67 bits per heavy atom. The zero-order valence-corrected chi connectivity index (χ0v) is 12.0. The number of carbonyl (C=O) groups excluding carboxylic acids is 1. The maximum atomic E-state index is 12.3. The highest BCUT2D eigenvalue weighted by Crippen LogP contribution is 2.43. The van der Waals surface area contributed by atoms with E-state index in [0.29, 0.717) is 5.41 Å². The van der Waals surface area contributed by atoms with Crippen molar-refractivity contribution in [2.75, 3.05) is 13.1 Å². The van der Waals surface area contributed by atoms with Gasteiger partial charge in [0.25, 0.3) is 0 Å². The Balaban J connectivity index is 1.59. The van der Waals surface area contributed by atoms with E-state index < -0.39 is 5.97 Å². The van der Waals surface area contributed by atoms with Gasteiger partial charge in [-0.15, -0.1) is 5.10 Å². The van der Waals surface area contributed by atoms with Crippen LogP contribution in [0.25, 0.3) is 0 Å². The molecule has 1 amide bonds. The number of carboxylic acids is 1. The smallest absolute Gasteiger partial charge is 0.358 e. The SMILES string of the molecule is O=C(O)c1cn(CC(=O)N2CCC3(CCCCC3)C2)nn1. The first-order valence-electron chi connectivity index (χ1n) is 7.49. The number of nitrogens with zero attached hydrogens (tertiary/aromatic N) is 4. The number of carbonyl (C=O) groups is 2. The second kappa shape index (κ2) is 5.46. The molecule has 7 nitrogen and oxygen atoms in total. The van der Waals surface area contributed by atoms with Crippen molar-refractivity contribution < 1.29 is 14.7 Å². The Labute approximate surface area is 122 Å². The molecule has 1 aromatic heterocycles. The van der Waals surface area contributed by atoms with Crippen molar-refractivity contribution in [2.24, 2.45) is 5.41 Å². The van der Waals surface area contributed by atoms with Crippen LogP contribution in [0.5, 0.6) is 0 Å². The Hall–Kier alpha value is -1.92. The number of rotatable bonds is 3. The van der Waals surface area contributed by atoms with Gasteiger partial charge in [0.15, 0.2) is 5.69 Å². The molecule has 1 aromatic rings. The van der Waals surface area contributed by atoms with Gasteiger partial charge in [-0.05, 0) is 24.7 Å². The van der Waals surface area contributed by atoms with E-state index in [1.54, 1.807) is 0 Å². The van der Waals surface area contributed by atoms with Gasteiger partial charge in [-0.25, -0.2) is 9.48 Å². The monoisotopic (exact) mass is 292 g/mol. The van der Waals surface area contributed by atoms with Crippen molar-refractivity contribution in [3.05, 3.63) is 11.9 Å². The van der Waals surface area contributed by atoms with Gasteiger partial charge in [0.2, 0.25) is 5.91 Å². The van der Waals surface area contributed by atoms with Crippen LogP contribution < -0.4 is 0 Å². The minimum atomic E-state index is -1.13. The number of aromatic carboxylic acids is 1. The molecule has 1 N–H and O–H groups in total. The number of carboxylic acid groups (broad SMARTS) is 1. The summed E-state index contributed by atoms with van der Waals surface area (Å²) < 4.78 is 1.30. The maximum Gasteiger partial charge on any atom is 0.358 e. The molecule has 1 spiro atoms. The summed E-state index contributed by atoms with van der Waals surface area (Å²) in [6, 6.07) is 0. The minimum absolute atomic E-state index is 0.000660. The molecule has 3 rings (SSSR count). The van der Waals surface area contributed by atoms with Gasteiger partial charge in [0.05, 0.1) is 6.20 Å². The molecule has 114 valence electrons. The highest BCUT2D eigenvalue weighted by Gasteiger charge is 2.40. The molecule has 1 saturated heterocycles. The van der Waals surface area contributed by atoms with Crippen molar-refractivity contribution >= 4 is 11.9 Å². The third-order valence-electron chi connectivity index (χ3n) is 4.76. The summed E-state index contributed by atoms with van der Waals surface area (Å²) in [6.45, 7) is 1.71. The Bertz CT molecular complexity index is 548. The quantitative estimate of drug-likeness (QED) is 0.903. The van der Waals surface area contributed by atoms with Gasteiger partial charge in [0, 0.05) is 13.1 Å². The first-order chi connectivity index (χ1) is 10.1. The Morgan fingerprint density at radius 2 is 2.00 bits per heavy atom. The molecule has 2 heterocycles. The molecule has 7 heteroatoms. The molecule has 1 aliphatic heterocycles. The molecule has 21 heavy (non-hydrogen) atoms. The van der Waals surface area contributed by atoms with Gasteiger partial charge in [-0.2, -0.15) is 0 Å². The predicted octanol–water partition coefficient (Wildman–Crippen LogP) is 1.16. The summed E-state index contributed by atoms with van der Waals surface area (Å²) in [4.78, 5) is 25.0. The van der Waals surface area contributed by atoms with Crippen LogP contribution in [-0.2, 0) is 11.3 Å². The molecular formula is C14H20N4O3. The number of hydrogen-bond donors (Lipinski definition) is 1. The van der Waals surface area contributed by atoms with Gasteiger partial charge < -0.3 is 10.0 Å². The lowest BCUT2D eigenvalue weighted by Gasteiger charge is -2.33. The molecular weight excluding hydrogens is 272 g/mol. The first-order valence-corrected chi connectivity index (χ1v) is 7.49. The summed E-state index contributed by atoms with van der Waals surface area (Å²) in [5.41, 5.74) is 0.204. The van der Waals surface area contributed by atoms with E-state index in [1.165, 1.54) is 43.0 Å². The second-order valence-electron chi connectivity index (χ2n) is 6.23. The minimum Gasteiger partial charge on any atom is -0.476 e. The van der Waals surface area contributed by atoms with Crippen molar-refractivity contribution in [3.63, 3.8) is 0 Å². The van der Waals surface area contributed by atoms with Crippen LogP contribution in [0.15, 0.2) is 6.20 Å². The van der Waals surface area contributed by atoms with E-state index in [1.807, 2.05) is 4.90 Å². The molecule has 0 aromatic carbocycles. The molecule has 1 aliphatic carbocycles. The lowest BCUT2D eigenvalue weighted by atomic mass is 9.73. The zero-order chi connectivity index (χ0) is 14.9. The van der Waals surface area contributed by atoms with Crippen LogP contribution in [0.1, 0.15) is 49.0 Å². The van der Waals surface area contributed by atoms with E-state index in [2.05, 4.69) is 10.3 Å². The normalized spacial score (nSPS) is 20.9. The van der Waals surface area contributed by atoms with Crippen LogP contribution in [0.3, 0.4) is 0 Å². The van der Waals surface area contributed by atoms with Gasteiger partial charge in [-0.1, -0.05) is 24.5 Å². The van der Waals surface area contributed by atoms with E-state index in [9.17, 15) is 9.59 Å². The highest BCUT2D eigenvalue weighted by atomic mass is 16.4. The van der Waals surface area contributed by atoms with Crippen molar-refractivity contribution in [2.45, 2.75) is 45.1 Å². The molecule has 1 saturated carbocycles. The van der Waals surface area contributed by atoms with Crippen molar-refractivity contribution in [1.29, 1.82) is 0 Å². The fraction of sp³-hybridized carbons (Fsp3) is 0.714. The topological polar surface area (TPSA) is 88.3 Å². The summed E-state index contributed by atoms with van der Waals surface area (Å²) in [6.07, 6.45) is 8.70. The Kier molecular flexibility index (Phi) is 3.65. The lowest BCUT2D eigenvalue weighted by Crippen LogP contribution is -2.35. The fourth-order valence-electron chi connectivity index (χ4n) is 3.57. The average Bonchev–Trinajstić information content (AvgIpc) is 3.08. The van der Waals surface area contributed by atoms with Crippen LogP contribution in [0, 0.1) is 5.41 Å². The zero-order valence-electron chi connectivity index (χ0n) is 12.0. The molecule has 2 aliphatic rings. The number of aromatic nitrogens is 3. The first kappa shape index (κ1) is 14.0. The third kappa shape index (κ3) is 2.91. The Morgan fingerprint density at radius 1 is 1.24 bits per heavy atom. The maximum absolute atomic E-state index is 12.3. The van der Waals surface area contributed by atoms with Crippen LogP contribution in [0.2, 0.25) is 0 Å². The van der Waals surface area contributed by atoms with E-state index in [4.69, 9.17) is 5.11 Å². The molecule has 0 unspecified atom stereocenters. The highest BCUT2D eigenvalue weighted by molar-refractivity contribution is 5.84. The van der Waals surface area contributed by atoms with Crippen molar-refractivity contribution in [3.8, 4) is 0 Å². The largest absolute Gasteiger partial charge is 0.476 e. The second-order valence-corrected chi connectivity index (χ2v) is 6.23. The molecule has 0 atom stereocenters. The summed E-state index contributed by atoms with van der Waals surface area (Å²) in [5, 5.41) is 16.0. The van der Waals surface area contributed by atoms with Crippen LogP contribution in [0.4, 0.5) is 0 Å².